The lowest BCUT2D eigenvalue weighted by atomic mass is 9.69. The topological polar surface area (TPSA) is 296 Å². The third-order valence-electron chi connectivity index (χ3n) is 12.8. The molecule has 0 saturated heterocycles. The van der Waals surface area contributed by atoms with E-state index in [4.69, 9.17) is 14.2 Å². The zero-order valence-corrected chi connectivity index (χ0v) is 44.1. The van der Waals surface area contributed by atoms with E-state index in [0.717, 1.165) is 60.7 Å². The van der Waals surface area contributed by atoms with Crippen LogP contribution in [0.2, 0.25) is 0 Å². The largest absolute Gasteiger partial charge is 0.494 e. The van der Waals surface area contributed by atoms with E-state index in [9.17, 15) is 66.3 Å². The van der Waals surface area contributed by atoms with Gasteiger partial charge in [-0.15, -0.1) is 0 Å². The van der Waals surface area contributed by atoms with Crippen LogP contribution < -0.4 is 14.2 Å². The third kappa shape index (κ3) is 12.3. The first-order valence-electron chi connectivity index (χ1n) is 22.6. The highest BCUT2D eigenvalue weighted by atomic mass is 32.2. The van der Waals surface area contributed by atoms with Gasteiger partial charge in [-0.25, -0.2) is 0 Å². The summed E-state index contributed by atoms with van der Waals surface area (Å²) < 4.78 is 161. The first kappa shape index (κ1) is 56.7. The van der Waals surface area contributed by atoms with Crippen LogP contribution in [0.1, 0.15) is 120 Å². The summed E-state index contributed by atoms with van der Waals surface area (Å²) in [7, 11) is -20.5. The zero-order chi connectivity index (χ0) is 54.9. The Bertz CT molecular complexity index is 3650. The molecule has 6 rings (SSSR count). The number of benzene rings is 6. The molecule has 0 aliphatic heterocycles. The lowest BCUT2D eigenvalue weighted by Gasteiger charge is -2.36. The highest BCUT2D eigenvalue weighted by Crippen LogP contribution is 2.42. The number of ketones is 3. The lowest BCUT2D eigenvalue weighted by Crippen LogP contribution is -2.31. The Kier molecular flexibility index (Phi) is 16.3. The molecule has 0 aliphatic carbocycles. The Balaban J connectivity index is 1.29. The number of carbonyl (C=O) groups is 3. The van der Waals surface area contributed by atoms with Crippen molar-refractivity contribution in [2.75, 3.05) is 6.61 Å². The second kappa shape index (κ2) is 21.3. The molecule has 6 aromatic rings. The zero-order valence-electron chi connectivity index (χ0n) is 40.9. The number of carbonyl (C=O) groups excluding carboxylic acids is 3. The van der Waals surface area contributed by atoms with Crippen molar-refractivity contribution >= 4 is 57.8 Å². The van der Waals surface area contributed by atoms with E-state index < -0.39 is 105 Å². The lowest BCUT2D eigenvalue weighted by molar-refractivity contribution is 0.0994. The fourth-order valence-corrected chi connectivity index (χ4v) is 11.4. The monoisotopic (exact) mass is 1090 g/mol. The standard InChI is InChI=1S/C52H52O18S4/c1-8-31(4)52(7,9-2)41-24-16-35(28-45(41)72(59,60)61)50(55)37-18-26-43(47(30-37)74(65,66)67)70-51(5,6)40-23-15-34(27-44(40)71(56,57)58)49(54)36-17-25-42(46(29-36)73(62,63)64)69-39-21-13-33(14-22-39)48(53)32-11-19-38(20-12-32)68-10-3/h11-31H,8-10H2,1-7H3,(H,56,57,58)(H,59,60,61)(H,62,63,64)(H,65,66,67). The van der Waals surface area contributed by atoms with Gasteiger partial charge in [0.1, 0.15) is 43.3 Å². The van der Waals surface area contributed by atoms with Gasteiger partial charge in [0.2, 0.25) is 0 Å². The van der Waals surface area contributed by atoms with Gasteiger partial charge in [0.15, 0.2) is 17.3 Å². The van der Waals surface area contributed by atoms with Crippen molar-refractivity contribution in [1.29, 1.82) is 0 Å². The summed E-state index contributed by atoms with van der Waals surface area (Å²) in [5.74, 6) is -2.73. The van der Waals surface area contributed by atoms with Crippen molar-refractivity contribution in [2.45, 2.75) is 91.9 Å². The van der Waals surface area contributed by atoms with Crippen LogP contribution in [0.3, 0.4) is 0 Å². The van der Waals surface area contributed by atoms with Crippen LogP contribution >= 0.6 is 0 Å². The third-order valence-corrected chi connectivity index (χ3v) is 16.4. The Hall–Kier alpha value is -6.63. The van der Waals surface area contributed by atoms with Crippen LogP contribution in [0.5, 0.6) is 23.0 Å². The van der Waals surface area contributed by atoms with E-state index in [0.29, 0.717) is 30.8 Å². The van der Waals surface area contributed by atoms with Gasteiger partial charge in [0.05, 0.1) is 11.5 Å². The van der Waals surface area contributed by atoms with Crippen molar-refractivity contribution in [1.82, 2.24) is 0 Å². The molecule has 0 fully saturated rings. The molecule has 0 aliphatic rings. The minimum absolute atomic E-state index is 0.0399. The van der Waals surface area contributed by atoms with Gasteiger partial charge in [0.25, 0.3) is 40.5 Å². The van der Waals surface area contributed by atoms with Crippen LogP contribution in [0.15, 0.2) is 141 Å². The second-order valence-electron chi connectivity index (χ2n) is 17.9. The average molecular weight is 1090 g/mol. The number of ether oxygens (including phenoxy) is 3. The molecular formula is C52H52O18S4. The smallest absolute Gasteiger partial charge is 0.298 e. The number of hydrogen-bond donors (Lipinski definition) is 4. The Morgan fingerprint density at radius 1 is 0.473 bits per heavy atom. The van der Waals surface area contributed by atoms with E-state index in [-0.39, 0.29) is 45.3 Å². The van der Waals surface area contributed by atoms with Crippen LogP contribution in [0.4, 0.5) is 0 Å². The molecule has 22 heteroatoms. The molecule has 0 spiro atoms. The summed E-state index contributed by atoms with van der Waals surface area (Å²) in [5, 5.41) is 0. The molecule has 18 nitrogen and oxygen atoms in total. The van der Waals surface area contributed by atoms with Gasteiger partial charge in [-0.3, -0.25) is 32.6 Å². The highest BCUT2D eigenvalue weighted by molar-refractivity contribution is 7.86. The molecule has 0 amide bonds. The van der Waals surface area contributed by atoms with Crippen molar-refractivity contribution < 1.29 is 80.5 Å². The van der Waals surface area contributed by atoms with E-state index >= 15 is 0 Å². The maximum absolute atomic E-state index is 13.9. The van der Waals surface area contributed by atoms with E-state index in [1.807, 2.05) is 34.6 Å². The molecule has 2 atom stereocenters. The van der Waals surface area contributed by atoms with Crippen molar-refractivity contribution in [3.8, 4) is 23.0 Å². The van der Waals surface area contributed by atoms with Crippen LogP contribution in [-0.4, -0.2) is 75.8 Å². The number of hydrogen-bond acceptors (Lipinski definition) is 14. The normalized spacial score (nSPS) is 13.6. The molecule has 6 aromatic carbocycles. The van der Waals surface area contributed by atoms with Gasteiger partial charge in [-0.1, -0.05) is 58.4 Å². The molecule has 4 N–H and O–H groups in total. The maximum Gasteiger partial charge on any atom is 0.298 e. The molecule has 0 bridgehead atoms. The van der Waals surface area contributed by atoms with Crippen LogP contribution in [0, 0.1) is 5.92 Å². The second-order valence-corrected chi connectivity index (χ2v) is 23.5. The molecular weight excluding hydrogens is 1040 g/mol. The highest BCUT2D eigenvalue weighted by Gasteiger charge is 2.37. The molecule has 2 unspecified atom stereocenters. The summed E-state index contributed by atoms with van der Waals surface area (Å²) in [6, 6.07) is 24.4. The molecule has 74 heavy (non-hydrogen) atoms. The van der Waals surface area contributed by atoms with Crippen molar-refractivity contribution in [3.05, 3.63) is 166 Å². The summed E-state index contributed by atoms with van der Waals surface area (Å²) >= 11 is 0. The van der Waals surface area contributed by atoms with Crippen molar-refractivity contribution in [2.24, 2.45) is 5.92 Å². The minimum atomic E-state index is -5.26. The van der Waals surface area contributed by atoms with Crippen LogP contribution in [0.25, 0.3) is 0 Å². The van der Waals surface area contributed by atoms with Gasteiger partial charge < -0.3 is 14.2 Å². The Labute approximate surface area is 429 Å². The predicted molar refractivity (Wildman–Crippen MR) is 270 cm³/mol. The number of rotatable bonds is 21. The minimum Gasteiger partial charge on any atom is -0.494 e. The van der Waals surface area contributed by atoms with Crippen molar-refractivity contribution in [3.63, 3.8) is 0 Å². The Morgan fingerprint density at radius 3 is 1.24 bits per heavy atom. The van der Waals surface area contributed by atoms with E-state index in [2.05, 4.69) is 0 Å². The quantitative estimate of drug-likeness (QED) is 0.0385. The summed E-state index contributed by atoms with van der Waals surface area (Å²) in [6.07, 6.45) is 1.14. The summed E-state index contributed by atoms with van der Waals surface area (Å²) in [6.45, 7) is 12.3. The SMILES string of the molecule is CCOc1ccc(C(=O)c2ccc(Oc3ccc(C(=O)c4ccc(C(C)(C)Oc5ccc(C(=O)c6ccc(C(C)(CC)C(C)CC)c(S(=O)(=O)O)c6)cc5S(=O)(=O)O)c(S(=O)(=O)O)c4)cc3S(=O)(=O)O)cc2)cc1. The molecule has 0 saturated carbocycles. The molecule has 392 valence electrons. The molecule has 0 aromatic heterocycles. The summed E-state index contributed by atoms with van der Waals surface area (Å²) in [5.41, 5.74) is -3.60. The fraction of sp³-hybridized carbons (Fsp3) is 0.250. The van der Waals surface area contributed by atoms with Gasteiger partial charge >= 0.3 is 0 Å². The van der Waals surface area contributed by atoms with Gasteiger partial charge in [0, 0.05) is 38.9 Å². The first-order valence-corrected chi connectivity index (χ1v) is 28.4. The maximum atomic E-state index is 13.9. The molecule has 0 radical (unpaired) electrons. The predicted octanol–water partition coefficient (Wildman–Crippen LogP) is 9.59. The van der Waals surface area contributed by atoms with E-state index in [1.165, 1.54) is 50.2 Å². The fourth-order valence-electron chi connectivity index (χ4n) is 8.35. The Morgan fingerprint density at radius 2 is 0.824 bits per heavy atom. The van der Waals surface area contributed by atoms with E-state index in [1.54, 1.807) is 24.3 Å². The van der Waals surface area contributed by atoms with Gasteiger partial charge in [-0.05, 0) is 141 Å². The van der Waals surface area contributed by atoms with Crippen LogP contribution in [-0.2, 0) is 51.5 Å². The first-order chi connectivity index (χ1) is 34.3. The summed E-state index contributed by atoms with van der Waals surface area (Å²) in [4.78, 5) is 37.5. The average Bonchev–Trinajstić information content (AvgIpc) is 3.34. The van der Waals surface area contributed by atoms with Gasteiger partial charge in [-0.2, -0.15) is 33.7 Å². The molecule has 0 heterocycles.